The molecule has 0 radical (unpaired) electrons. The molecule has 7 nitrogen and oxygen atoms in total. The lowest BCUT2D eigenvalue weighted by Crippen LogP contribution is -2.71. The minimum Gasteiger partial charge on any atom is -0.447 e. The topological polar surface area (TPSA) is 118 Å². The molecule has 0 aromatic carbocycles. The summed E-state index contributed by atoms with van der Waals surface area (Å²) in [6.45, 7) is 5.37. The van der Waals surface area contributed by atoms with Crippen LogP contribution >= 0.6 is 0 Å². The van der Waals surface area contributed by atoms with Crippen LogP contribution in [0.2, 0.25) is 0 Å². The fourth-order valence-corrected chi connectivity index (χ4v) is 4.76. The number of hydrogen-bond donors (Lipinski definition) is 2. The molecule has 1 spiro atoms. The van der Waals surface area contributed by atoms with Crippen molar-refractivity contribution in [3.63, 3.8) is 0 Å². The first-order chi connectivity index (χ1) is 15.8. The first kappa shape index (κ1) is 25.1. The van der Waals surface area contributed by atoms with Crippen LogP contribution in [0, 0.1) is 23.2 Å². The Hall–Kier alpha value is -3.57. The normalized spacial score (nSPS) is 30.2. The van der Waals surface area contributed by atoms with E-state index < -0.39 is 35.6 Å². The van der Waals surface area contributed by atoms with Gasteiger partial charge in [-0.25, -0.2) is 4.79 Å². The van der Waals surface area contributed by atoms with Gasteiger partial charge in [-0.15, -0.1) is 5.73 Å². The maximum atomic E-state index is 13.2. The van der Waals surface area contributed by atoms with E-state index in [2.05, 4.69) is 16.0 Å². The van der Waals surface area contributed by atoms with Gasteiger partial charge in [0.25, 0.3) is 5.91 Å². The monoisotopic (exact) mass is 474 g/mol. The molecule has 0 bridgehead atoms. The zero-order chi connectivity index (χ0) is 25.4. The van der Waals surface area contributed by atoms with Crippen LogP contribution in [0.4, 0.5) is 13.2 Å². The number of allylic oxidation sites excluding steroid dienone is 5. The van der Waals surface area contributed by atoms with Crippen molar-refractivity contribution in [2.24, 2.45) is 22.6 Å². The first-order valence-corrected chi connectivity index (χ1v) is 10.7. The van der Waals surface area contributed by atoms with Gasteiger partial charge in [-0.05, 0) is 49.0 Å². The van der Waals surface area contributed by atoms with Crippen LogP contribution in [0.25, 0.3) is 0 Å². The fourth-order valence-electron chi connectivity index (χ4n) is 4.76. The number of nitriles is 1. The second kappa shape index (κ2) is 8.99. The summed E-state index contributed by atoms with van der Waals surface area (Å²) in [5.74, 6) is -3.41. The second-order valence-corrected chi connectivity index (χ2v) is 8.84. The maximum absolute atomic E-state index is 13.2. The molecule has 1 aliphatic heterocycles. The lowest BCUT2D eigenvalue weighted by Gasteiger charge is -2.53. The number of piperidine rings is 1. The van der Waals surface area contributed by atoms with E-state index in [1.165, 1.54) is 13.1 Å². The fraction of sp³-hybridized carbons (Fsp3) is 0.458. The van der Waals surface area contributed by atoms with Crippen LogP contribution in [-0.4, -0.2) is 42.5 Å². The number of nitrogens with two attached hydrogens (primary N) is 1. The van der Waals surface area contributed by atoms with Crippen molar-refractivity contribution in [1.29, 1.82) is 5.26 Å². The number of ether oxygens (including phenoxy) is 1. The molecule has 1 saturated heterocycles. The Balaban J connectivity index is 2.08. The number of alkyl halides is 3. The molecule has 2 atom stereocenters. The Morgan fingerprint density at radius 2 is 2.06 bits per heavy atom. The van der Waals surface area contributed by atoms with Crippen LogP contribution in [0.5, 0.6) is 0 Å². The molecule has 0 aromatic rings. The number of aliphatic imine (C=N–C) groups is 1. The number of carbonyl (C=O) groups is 2. The summed E-state index contributed by atoms with van der Waals surface area (Å²) in [4.78, 5) is 29.0. The molecule has 3 aliphatic rings. The number of nitrogens with one attached hydrogen (secondary N) is 1. The Morgan fingerprint density at radius 1 is 1.41 bits per heavy atom. The van der Waals surface area contributed by atoms with Gasteiger partial charge in [0, 0.05) is 18.7 Å². The van der Waals surface area contributed by atoms with Crippen molar-refractivity contribution in [2.75, 3.05) is 7.05 Å². The van der Waals surface area contributed by atoms with E-state index in [1.807, 2.05) is 13.0 Å². The Morgan fingerprint density at radius 3 is 2.59 bits per heavy atom. The highest BCUT2D eigenvalue weighted by Gasteiger charge is 2.59. The number of rotatable bonds is 3. The Labute approximate surface area is 195 Å². The first-order valence-electron chi connectivity index (χ1n) is 10.7. The number of nitrogens with zero attached hydrogens (tertiary/aromatic N) is 2. The van der Waals surface area contributed by atoms with E-state index in [4.69, 9.17) is 15.7 Å². The lowest BCUT2D eigenvalue weighted by molar-refractivity contribution is -0.207. The third kappa shape index (κ3) is 4.44. The largest absolute Gasteiger partial charge is 0.490 e. The Kier molecular flexibility index (Phi) is 6.63. The lowest BCUT2D eigenvalue weighted by atomic mass is 9.62. The minimum atomic E-state index is -5.20. The summed E-state index contributed by atoms with van der Waals surface area (Å²) < 4.78 is 44.0. The van der Waals surface area contributed by atoms with Crippen LogP contribution in [0.15, 0.2) is 56.9 Å². The highest BCUT2D eigenvalue weighted by atomic mass is 19.4. The summed E-state index contributed by atoms with van der Waals surface area (Å²) in [6, 6.07) is 2.02. The number of halogens is 3. The predicted molar refractivity (Wildman–Crippen MR) is 118 cm³/mol. The third-order valence-corrected chi connectivity index (χ3v) is 6.39. The van der Waals surface area contributed by atoms with Gasteiger partial charge in [-0.2, -0.15) is 18.4 Å². The molecular weight excluding hydrogens is 449 g/mol. The van der Waals surface area contributed by atoms with Crippen LogP contribution in [-0.2, 0) is 14.3 Å². The highest BCUT2D eigenvalue weighted by Crippen LogP contribution is 2.45. The van der Waals surface area contributed by atoms with Crippen molar-refractivity contribution in [2.45, 2.75) is 51.4 Å². The van der Waals surface area contributed by atoms with Gasteiger partial charge in [0.15, 0.2) is 6.10 Å². The molecule has 10 heteroatoms. The smallest absolute Gasteiger partial charge is 0.447 e. The van der Waals surface area contributed by atoms with Crippen molar-refractivity contribution in [3.05, 3.63) is 51.9 Å². The van der Waals surface area contributed by atoms with Crippen LogP contribution in [0.3, 0.4) is 0 Å². The van der Waals surface area contributed by atoms with Gasteiger partial charge in [-0.3, -0.25) is 9.79 Å². The van der Waals surface area contributed by atoms with E-state index in [9.17, 15) is 22.8 Å². The average Bonchev–Trinajstić information content (AvgIpc) is 2.93. The van der Waals surface area contributed by atoms with Crippen molar-refractivity contribution >= 4 is 17.6 Å². The molecule has 1 saturated carbocycles. The van der Waals surface area contributed by atoms with E-state index in [0.29, 0.717) is 29.6 Å². The minimum absolute atomic E-state index is 0.0505. The van der Waals surface area contributed by atoms with E-state index in [0.717, 1.165) is 0 Å². The molecule has 1 amide bonds. The van der Waals surface area contributed by atoms with Gasteiger partial charge < -0.3 is 15.8 Å². The average molecular weight is 474 g/mol. The molecule has 2 unspecified atom stereocenters. The van der Waals surface area contributed by atoms with Gasteiger partial charge in [0.05, 0.1) is 28.5 Å². The van der Waals surface area contributed by atoms with Gasteiger partial charge in [0.2, 0.25) is 0 Å². The number of amides is 1. The number of hydrogen-bond acceptors (Lipinski definition) is 6. The summed E-state index contributed by atoms with van der Waals surface area (Å²) in [6.07, 6.45) is -1.19. The zero-order valence-electron chi connectivity index (χ0n) is 19.2. The molecule has 3 rings (SSSR count). The highest BCUT2D eigenvalue weighted by molar-refractivity contribution is 6.26. The molecule has 180 valence electrons. The SMILES string of the molecule is C/N=C1\C(=C(\N)C(C)C2=CC=C(C#N)C=C=C2C)C(=O)NC2(CC(C)C2)C1OC(=O)C(F)(F)F. The van der Waals surface area contributed by atoms with Crippen molar-refractivity contribution in [3.8, 4) is 6.07 Å². The van der Waals surface area contributed by atoms with E-state index >= 15 is 0 Å². The molecule has 3 N–H and O–H groups in total. The zero-order valence-corrected chi connectivity index (χ0v) is 19.2. The molecule has 0 aromatic heterocycles. The van der Waals surface area contributed by atoms with E-state index in [-0.39, 0.29) is 22.9 Å². The van der Waals surface area contributed by atoms with Crippen molar-refractivity contribution < 1.29 is 27.5 Å². The van der Waals surface area contributed by atoms with Gasteiger partial charge >= 0.3 is 12.1 Å². The molecule has 2 aliphatic carbocycles. The molecular formula is C24H25F3N4O3. The summed E-state index contributed by atoms with van der Waals surface area (Å²) in [7, 11) is 1.32. The van der Waals surface area contributed by atoms with Gasteiger partial charge in [0.1, 0.15) is 0 Å². The van der Waals surface area contributed by atoms with Crippen LogP contribution < -0.4 is 11.1 Å². The van der Waals surface area contributed by atoms with Gasteiger partial charge in [-0.1, -0.05) is 19.9 Å². The molecule has 2 fully saturated rings. The Bertz CT molecular complexity index is 1150. The predicted octanol–water partition coefficient (Wildman–Crippen LogP) is 3.17. The standard InChI is InChI=1S/C24H25F3N4O3/c1-12-9-23(10-12)20(34-22(33)24(25,26)27)19(30-4)17(21(32)31-23)18(29)14(3)16-8-7-15(11-28)6-5-13(16)2/h6-8,12,14,20H,9-10,29H2,1-4H3,(H,31,32)/b18-17-,30-19+. The second-order valence-electron chi connectivity index (χ2n) is 8.84. The maximum Gasteiger partial charge on any atom is 0.490 e. The van der Waals surface area contributed by atoms with Crippen molar-refractivity contribution in [1.82, 2.24) is 5.32 Å². The summed E-state index contributed by atoms with van der Waals surface area (Å²) in [5.41, 5.74) is 9.77. The number of esters is 1. The number of carbonyl (C=O) groups excluding carboxylic acids is 2. The summed E-state index contributed by atoms with van der Waals surface area (Å²) in [5, 5.41) is 11.9. The molecule has 1 heterocycles. The molecule has 34 heavy (non-hydrogen) atoms. The van der Waals surface area contributed by atoms with Crippen LogP contribution in [0.1, 0.15) is 33.6 Å². The summed E-state index contributed by atoms with van der Waals surface area (Å²) >= 11 is 0. The quantitative estimate of drug-likeness (QED) is 0.370. The van der Waals surface area contributed by atoms with E-state index in [1.54, 1.807) is 26.0 Å². The third-order valence-electron chi connectivity index (χ3n) is 6.39.